The van der Waals surface area contributed by atoms with Gasteiger partial charge in [0.05, 0.1) is 6.10 Å². The van der Waals surface area contributed by atoms with Crippen LogP contribution in [0.3, 0.4) is 0 Å². The van der Waals surface area contributed by atoms with Gasteiger partial charge in [0.25, 0.3) is 0 Å². The Labute approximate surface area is 106 Å². The molecule has 0 aliphatic rings. The molecule has 1 rings (SSSR count). The molecule has 0 amide bonds. The molecule has 0 bridgehead atoms. The first-order valence-electron chi connectivity index (χ1n) is 5.94. The third kappa shape index (κ3) is 3.80. The highest BCUT2D eigenvalue weighted by atomic mass is 19.1. The summed E-state index contributed by atoms with van der Waals surface area (Å²) in [5, 5.41) is 11.9. The van der Waals surface area contributed by atoms with E-state index in [0.717, 1.165) is 6.07 Å². The lowest BCUT2D eigenvalue weighted by Gasteiger charge is -2.20. The highest BCUT2D eigenvalue weighted by Gasteiger charge is 2.15. The first kappa shape index (κ1) is 14.6. The van der Waals surface area contributed by atoms with Gasteiger partial charge in [-0.1, -0.05) is 0 Å². The number of rotatable bonds is 6. The number of halogens is 2. The van der Waals surface area contributed by atoms with Gasteiger partial charge < -0.3 is 15.3 Å². The zero-order chi connectivity index (χ0) is 13.7. The molecule has 0 radical (unpaired) electrons. The molecule has 1 atom stereocenters. The molecular formula is C12H19F2N3O. The zero-order valence-electron chi connectivity index (χ0n) is 10.9. The van der Waals surface area contributed by atoms with Gasteiger partial charge in [0.15, 0.2) is 23.3 Å². The molecule has 0 aromatic carbocycles. The molecule has 0 aliphatic carbocycles. The number of pyridine rings is 1. The smallest absolute Gasteiger partial charge is 0.168 e. The van der Waals surface area contributed by atoms with Gasteiger partial charge >= 0.3 is 0 Å². The molecule has 1 aromatic heterocycles. The van der Waals surface area contributed by atoms with Crippen LogP contribution in [0.5, 0.6) is 0 Å². The summed E-state index contributed by atoms with van der Waals surface area (Å²) >= 11 is 0. The topological polar surface area (TPSA) is 48.4 Å². The summed E-state index contributed by atoms with van der Waals surface area (Å²) in [6.07, 6.45) is 0.0233. The Bertz CT molecular complexity index is 399. The predicted molar refractivity (Wildman–Crippen MR) is 67.9 cm³/mol. The van der Waals surface area contributed by atoms with Crippen molar-refractivity contribution in [2.45, 2.75) is 26.4 Å². The molecule has 0 saturated heterocycles. The van der Waals surface area contributed by atoms with Crippen LogP contribution in [0.4, 0.5) is 20.4 Å². The van der Waals surface area contributed by atoms with Gasteiger partial charge in [0.1, 0.15) is 0 Å². The van der Waals surface area contributed by atoms with Crippen LogP contribution in [0.2, 0.25) is 0 Å². The van der Waals surface area contributed by atoms with Gasteiger partial charge in [-0.25, -0.2) is 13.8 Å². The largest absolute Gasteiger partial charge is 0.393 e. The summed E-state index contributed by atoms with van der Waals surface area (Å²) in [6.45, 7) is 4.42. The van der Waals surface area contributed by atoms with E-state index in [1.54, 1.807) is 25.8 Å². The summed E-state index contributed by atoms with van der Waals surface area (Å²) in [6, 6.07) is 0.819. The van der Waals surface area contributed by atoms with E-state index in [-0.39, 0.29) is 11.6 Å². The number of aromatic nitrogens is 1. The molecule has 4 nitrogen and oxygen atoms in total. The molecule has 0 saturated carbocycles. The van der Waals surface area contributed by atoms with Crippen molar-refractivity contribution in [3.63, 3.8) is 0 Å². The number of aliphatic hydroxyl groups is 1. The molecule has 1 heterocycles. The first-order chi connectivity index (χ1) is 8.45. The molecule has 102 valence electrons. The molecule has 18 heavy (non-hydrogen) atoms. The molecule has 1 aromatic rings. The third-order valence-corrected chi connectivity index (χ3v) is 2.50. The number of hydrogen-bond acceptors (Lipinski definition) is 4. The van der Waals surface area contributed by atoms with Gasteiger partial charge in [-0.2, -0.15) is 0 Å². The van der Waals surface area contributed by atoms with Crippen molar-refractivity contribution in [3.8, 4) is 0 Å². The number of aliphatic hydroxyl groups excluding tert-OH is 1. The lowest BCUT2D eigenvalue weighted by Crippen LogP contribution is -2.24. The second kappa shape index (κ2) is 6.49. The van der Waals surface area contributed by atoms with E-state index in [2.05, 4.69) is 10.3 Å². The summed E-state index contributed by atoms with van der Waals surface area (Å²) < 4.78 is 27.0. The Morgan fingerprint density at radius 2 is 2.11 bits per heavy atom. The minimum absolute atomic E-state index is 0.0396. The summed E-state index contributed by atoms with van der Waals surface area (Å²) in [4.78, 5) is 5.48. The van der Waals surface area contributed by atoms with E-state index >= 15 is 0 Å². The first-order valence-corrected chi connectivity index (χ1v) is 5.94. The van der Waals surface area contributed by atoms with E-state index in [1.165, 1.54) is 0 Å². The van der Waals surface area contributed by atoms with Gasteiger partial charge in [-0.05, 0) is 20.3 Å². The lowest BCUT2D eigenvalue weighted by atomic mass is 10.2. The van der Waals surface area contributed by atoms with E-state index in [9.17, 15) is 13.9 Å². The molecule has 2 N–H and O–H groups in total. The average Bonchev–Trinajstić information content (AvgIpc) is 2.29. The maximum absolute atomic E-state index is 13.6. The minimum Gasteiger partial charge on any atom is -0.393 e. The van der Waals surface area contributed by atoms with Gasteiger partial charge in [-0.3, -0.25) is 0 Å². The number of nitrogens with one attached hydrogen (secondary N) is 1. The molecule has 1 unspecified atom stereocenters. The fourth-order valence-electron chi connectivity index (χ4n) is 1.50. The van der Waals surface area contributed by atoms with E-state index in [0.29, 0.717) is 19.5 Å². The standard InChI is InChI=1S/C12H19F2N3O/c1-4-15-11-9(13)7-10(14)12(16-11)17(3)6-5-8(2)18/h7-8,18H,4-6H2,1-3H3,(H,15,16). The molecule has 0 fully saturated rings. The highest BCUT2D eigenvalue weighted by Crippen LogP contribution is 2.21. The van der Waals surface area contributed by atoms with Gasteiger partial charge in [-0.15, -0.1) is 0 Å². The Kier molecular flexibility index (Phi) is 5.27. The van der Waals surface area contributed by atoms with Crippen molar-refractivity contribution in [3.05, 3.63) is 17.7 Å². The van der Waals surface area contributed by atoms with Crippen molar-refractivity contribution in [1.82, 2.24) is 4.98 Å². The Hall–Kier alpha value is -1.43. The maximum atomic E-state index is 13.6. The highest BCUT2D eigenvalue weighted by molar-refractivity contribution is 5.48. The minimum atomic E-state index is -0.706. The van der Waals surface area contributed by atoms with Crippen molar-refractivity contribution >= 4 is 11.6 Å². The second-order valence-corrected chi connectivity index (χ2v) is 4.21. The monoisotopic (exact) mass is 259 g/mol. The lowest BCUT2D eigenvalue weighted by molar-refractivity contribution is 0.186. The van der Waals surface area contributed by atoms with Crippen LogP contribution in [0.25, 0.3) is 0 Å². The molecule has 0 spiro atoms. The Morgan fingerprint density at radius 1 is 1.44 bits per heavy atom. The Balaban J connectivity index is 2.89. The van der Waals surface area contributed by atoms with Gasteiger partial charge in [0.2, 0.25) is 0 Å². The number of hydrogen-bond donors (Lipinski definition) is 2. The van der Waals surface area contributed by atoms with E-state index in [4.69, 9.17) is 0 Å². The SMILES string of the molecule is CCNc1nc(N(C)CCC(C)O)c(F)cc1F. The summed E-state index contributed by atoms with van der Waals surface area (Å²) in [7, 11) is 1.65. The summed E-state index contributed by atoms with van der Waals surface area (Å²) in [5.74, 6) is -1.30. The number of anilines is 2. The van der Waals surface area contributed by atoms with Crippen LogP contribution in [0.15, 0.2) is 6.07 Å². The quantitative estimate of drug-likeness (QED) is 0.820. The summed E-state index contributed by atoms with van der Waals surface area (Å²) in [5.41, 5.74) is 0. The van der Waals surface area contributed by atoms with E-state index in [1.807, 2.05) is 0 Å². The van der Waals surface area contributed by atoms with Crippen LogP contribution in [0.1, 0.15) is 20.3 Å². The van der Waals surface area contributed by atoms with E-state index < -0.39 is 17.7 Å². The van der Waals surface area contributed by atoms with Crippen LogP contribution >= 0.6 is 0 Å². The van der Waals surface area contributed by atoms with Crippen LogP contribution in [-0.2, 0) is 0 Å². The van der Waals surface area contributed by atoms with Gasteiger partial charge in [0, 0.05) is 26.2 Å². The van der Waals surface area contributed by atoms with Crippen LogP contribution in [-0.4, -0.2) is 36.3 Å². The van der Waals surface area contributed by atoms with Crippen LogP contribution < -0.4 is 10.2 Å². The predicted octanol–water partition coefficient (Wildman–Crippen LogP) is 2.00. The van der Waals surface area contributed by atoms with Crippen molar-refractivity contribution in [2.24, 2.45) is 0 Å². The average molecular weight is 259 g/mol. The normalized spacial score (nSPS) is 12.3. The van der Waals surface area contributed by atoms with Crippen molar-refractivity contribution < 1.29 is 13.9 Å². The Morgan fingerprint density at radius 3 is 2.67 bits per heavy atom. The molecule has 0 aliphatic heterocycles. The molecule has 6 heteroatoms. The van der Waals surface area contributed by atoms with Crippen molar-refractivity contribution in [2.75, 3.05) is 30.4 Å². The second-order valence-electron chi connectivity index (χ2n) is 4.21. The fraction of sp³-hybridized carbons (Fsp3) is 0.583. The molecular weight excluding hydrogens is 240 g/mol. The maximum Gasteiger partial charge on any atom is 0.168 e. The zero-order valence-corrected chi connectivity index (χ0v) is 10.9. The van der Waals surface area contributed by atoms with Crippen molar-refractivity contribution in [1.29, 1.82) is 0 Å². The fourth-order valence-corrected chi connectivity index (χ4v) is 1.50. The number of nitrogens with zero attached hydrogens (tertiary/aromatic N) is 2. The third-order valence-electron chi connectivity index (χ3n) is 2.50. The van der Waals surface area contributed by atoms with Crippen LogP contribution in [0, 0.1) is 11.6 Å².